The molecule has 1 N–H and O–H groups in total. The van der Waals surface area contributed by atoms with Crippen molar-refractivity contribution in [1.82, 2.24) is 10.2 Å². The van der Waals surface area contributed by atoms with Crippen LogP contribution in [0.2, 0.25) is 5.02 Å². The molecule has 0 radical (unpaired) electrons. The Bertz CT molecular complexity index is 1090. The minimum atomic E-state index is -3.78. The van der Waals surface area contributed by atoms with Crippen molar-refractivity contribution in [3.63, 3.8) is 0 Å². The third-order valence-corrected chi connectivity index (χ3v) is 7.19. The number of hydrogen-bond acceptors (Lipinski definition) is 4. The van der Waals surface area contributed by atoms with Crippen molar-refractivity contribution in [2.75, 3.05) is 23.7 Å². The highest BCUT2D eigenvalue weighted by molar-refractivity contribution is 9.10. The molecule has 186 valence electrons. The number of hydrogen-bond donors (Lipinski definition) is 1. The molecule has 0 bridgehead atoms. The summed E-state index contributed by atoms with van der Waals surface area (Å²) in [6, 6.07) is 13.0. The van der Waals surface area contributed by atoms with Crippen LogP contribution in [0.5, 0.6) is 0 Å². The molecule has 0 aromatic heterocycles. The first kappa shape index (κ1) is 28.1. The highest BCUT2D eigenvalue weighted by atomic mass is 79.9. The van der Waals surface area contributed by atoms with Crippen molar-refractivity contribution in [1.29, 1.82) is 0 Å². The van der Waals surface area contributed by atoms with E-state index in [1.807, 2.05) is 20.8 Å². The molecule has 2 aromatic carbocycles. The second-order valence-electron chi connectivity index (χ2n) is 8.43. The van der Waals surface area contributed by atoms with Crippen LogP contribution < -0.4 is 9.62 Å². The smallest absolute Gasteiger partial charge is 0.244 e. The molecule has 0 unspecified atom stereocenters. The van der Waals surface area contributed by atoms with Gasteiger partial charge in [0.05, 0.1) is 11.9 Å². The Morgan fingerprint density at radius 2 is 1.71 bits per heavy atom. The van der Waals surface area contributed by atoms with Crippen LogP contribution in [0.25, 0.3) is 0 Å². The number of para-hydroxylation sites is 1. The Balaban J connectivity index is 2.42. The monoisotopic (exact) mass is 571 g/mol. The number of halogens is 2. The van der Waals surface area contributed by atoms with Crippen LogP contribution in [0.1, 0.15) is 32.8 Å². The number of nitrogens with zero attached hydrogens (tertiary/aromatic N) is 2. The molecule has 0 fully saturated rings. The average molecular weight is 573 g/mol. The zero-order chi connectivity index (χ0) is 25.5. The van der Waals surface area contributed by atoms with Crippen LogP contribution in [0, 0.1) is 5.92 Å². The summed E-state index contributed by atoms with van der Waals surface area (Å²) in [5, 5.41) is 3.45. The van der Waals surface area contributed by atoms with Crippen LogP contribution >= 0.6 is 27.5 Å². The third-order valence-electron chi connectivity index (χ3n) is 5.14. The SMILES string of the molecule is CC[C@@H](C(=O)NCC(C)C)N(Cc1ccc(Cl)cc1)C(=O)CN(c1ccccc1Br)S(C)(=O)=O. The topological polar surface area (TPSA) is 86.8 Å². The van der Waals surface area contributed by atoms with Gasteiger partial charge in [0.25, 0.3) is 0 Å². The van der Waals surface area contributed by atoms with Crippen LogP contribution in [0.3, 0.4) is 0 Å². The van der Waals surface area contributed by atoms with Gasteiger partial charge >= 0.3 is 0 Å². The normalized spacial score (nSPS) is 12.3. The number of nitrogens with one attached hydrogen (secondary N) is 1. The maximum atomic E-state index is 13.6. The number of anilines is 1. The van der Waals surface area contributed by atoms with E-state index in [4.69, 9.17) is 11.6 Å². The number of amides is 2. The number of benzene rings is 2. The molecule has 1 atom stereocenters. The van der Waals surface area contributed by atoms with Gasteiger partial charge in [-0.05, 0) is 58.1 Å². The molecular weight excluding hydrogens is 542 g/mol. The Hall–Kier alpha value is -2.10. The highest BCUT2D eigenvalue weighted by Crippen LogP contribution is 2.28. The Morgan fingerprint density at radius 3 is 2.24 bits per heavy atom. The maximum absolute atomic E-state index is 13.6. The minimum Gasteiger partial charge on any atom is -0.354 e. The average Bonchev–Trinajstić information content (AvgIpc) is 2.77. The molecule has 2 aromatic rings. The molecule has 2 rings (SSSR count). The molecule has 0 heterocycles. The molecule has 0 spiro atoms. The fourth-order valence-corrected chi connectivity index (χ4v) is 4.98. The van der Waals surface area contributed by atoms with Gasteiger partial charge < -0.3 is 10.2 Å². The zero-order valence-electron chi connectivity index (χ0n) is 19.8. The number of carbonyl (C=O) groups excluding carboxylic acids is 2. The Labute approximate surface area is 215 Å². The number of rotatable bonds is 11. The van der Waals surface area contributed by atoms with Gasteiger partial charge in [-0.1, -0.05) is 56.6 Å². The van der Waals surface area contributed by atoms with Gasteiger partial charge in [-0.15, -0.1) is 0 Å². The lowest BCUT2D eigenvalue weighted by atomic mass is 10.1. The Morgan fingerprint density at radius 1 is 1.09 bits per heavy atom. The molecule has 0 saturated carbocycles. The van der Waals surface area contributed by atoms with Gasteiger partial charge in [0.15, 0.2) is 0 Å². The van der Waals surface area contributed by atoms with E-state index in [2.05, 4.69) is 21.2 Å². The summed E-state index contributed by atoms with van der Waals surface area (Å²) in [5.41, 5.74) is 1.13. The highest BCUT2D eigenvalue weighted by Gasteiger charge is 2.32. The summed E-state index contributed by atoms with van der Waals surface area (Å²) in [6.07, 6.45) is 1.42. The van der Waals surface area contributed by atoms with Gasteiger partial charge in [0.2, 0.25) is 21.8 Å². The quantitative estimate of drug-likeness (QED) is 0.431. The molecule has 0 aliphatic rings. The first-order valence-corrected chi connectivity index (χ1v) is 14.0. The van der Waals surface area contributed by atoms with Crippen LogP contribution in [0.4, 0.5) is 5.69 Å². The molecular formula is C24H31BrClN3O4S. The van der Waals surface area contributed by atoms with E-state index in [-0.39, 0.29) is 18.4 Å². The summed E-state index contributed by atoms with van der Waals surface area (Å²) in [7, 11) is -3.78. The Kier molecular flexibility index (Phi) is 10.4. The molecule has 0 saturated heterocycles. The lowest BCUT2D eigenvalue weighted by Crippen LogP contribution is -2.52. The van der Waals surface area contributed by atoms with Gasteiger partial charge in [-0.2, -0.15) is 0 Å². The molecule has 10 heteroatoms. The van der Waals surface area contributed by atoms with E-state index in [1.54, 1.807) is 48.5 Å². The van der Waals surface area contributed by atoms with Gasteiger partial charge in [-0.3, -0.25) is 13.9 Å². The van der Waals surface area contributed by atoms with E-state index >= 15 is 0 Å². The summed E-state index contributed by atoms with van der Waals surface area (Å²) in [5.74, 6) is -0.508. The van der Waals surface area contributed by atoms with Crippen LogP contribution in [-0.2, 0) is 26.2 Å². The summed E-state index contributed by atoms with van der Waals surface area (Å²) >= 11 is 9.37. The first-order chi connectivity index (χ1) is 15.9. The van der Waals surface area contributed by atoms with Crippen molar-refractivity contribution >= 4 is 55.1 Å². The largest absolute Gasteiger partial charge is 0.354 e. The van der Waals surface area contributed by atoms with Crippen molar-refractivity contribution in [3.8, 4) is 0 Å². The molecule has 7 nitrogen and oxygen atoms in total. The fraction of sp³-hybridized carbons (Fsp3) is 0.417. The van der Waals surface area contributed by atoms with Crippen molar-refractivity contribution in [3.05, 3.63) is 63.6 Å². The van der Waals surface area contributed by atoms with Gasteiger partial charge in [0.1, 0.15) is 12.6 Å². The van der Waals surface area contributed by atoms with Crippen molar-refractivity contribution < 1.29 is 18.0 Å². The summed E-state index contributed by atoms with van der Waals surface area (Å²) in [4.78, 5) is 28.0. The zero-order valence-corrected chi connectivity index (χ0v) is 23.0. The van der Waals surface area contributed by atoms with E-state index in [9.17, 15) is 18.0 Å². The summed E-state index contributed by atoms with van der Waals surface area (Å²) < 4.78 is 26.8. The minimum absolute atomic E-state index is 0.136. The van der Waals surface area contributed by atoms with E-state index in [1.165, 1.54) is 4.90 Å². The fourth-order valence-electron chi connectivity index (χ4n) is 3.38. The number of carbonyl (C=O) groups is 2. The van der Waals surface area contributed by atoms with Gasteiger partial charge in [0, 0.05) is 22.6 Å². The van der Waals surface area contributed by atoms with E-state index in [0.717, 1.165) is 16.1 Å². The molecule has 34 heavy (non-hydrogen) atoms. The maximum Gasteiger partial charge on any atom is 0.244 e. The third kappa shape index (κ3) is 7.99. The molecule has 0 aliphatic heterocycles. The van der Waals surface area contributed by atoms with Crippen LogP contribution in [0.15, 0.2) is 53.0 Å². The predicted octanol–water partition coefficient (Wildman–Crippen LogP) is 4.45. The second-order valence-corrected chi connectivity index (χ2v) is 11.6. The van der Waals surface area contributed by atoms with E-state index in [0.29, 0.717) is 28.1 Å². The standard InChI is InChI=1S/C24H31BrClN3O4S/c1-5-21(24(31)27-14-17(2)3)28(15-18-10-12-19(26)13-11-18)23(30)16-29(34(4,32)33)22-9-7-6-8-20(22)25/h6-13,17,21H,5,14-16H2,1-4H3,(H,27,31)/t21-/m0/s1. The molecule has 2 amide bonds. The lowest BCUT2D eigenvalue weighted by Gasteiger charge is -2.33. The number of sulfonamides is 1. The second kappa shape index (κ2) is 12.6. The molecule has 0 aliphatic carbocycles. The first-order valence-electron chi connectivity index (χ1n) is 11.0. The van der Waals surface area contributed by atoms with E-state index < -0.39 is 28.5 Å². The van der Waals surface area contributed by atoms with Crippen molar-refractivity contribution in [2.24, 2.45) is 5.92 Å². The van der Waals surface area contributed by atoms with Gasteiger partial charge in [-0.25, -0.2) is 8.42 Å². The van der Waals surface area contributed by atoms with Crippen LogP contribution in [-0.4, -0.2) is 50.5 Å². The summed E-state index contributed by atoms with van der Waals surface area (Å²) in [6.45, 7) is 5.97. The lowest BCUT2D eigenvalue weighted by molar-refractivity contribution is -0.140. The predicted molar refractivity (Wildman–Crippen MR) is 140 cm³/mol. The van der Waals surface area contributed by atoms with Crippen molar-refractivity contribution in [2.45, 2.75) is 39.8 Å².